The SMILES string of the molecule is CCc1ccc(Cl)c(CC)c1NC(=O)N(C=O)c1ccc2c(c1)OCO2. The topological polar surface area (TPSA) is 67.9 Å². The fourth-order valence-corrected chi connectivity index (χ4v) is 3.19. The van der Waals surface area contributed by atoms with Crippen molar-refractivity contribution in [3.05, 3.63) is 46.5 Å². The summed E-state index contributed by atoms with van der Waals surface area (Å²) in [6, 6.07) is 8.02. The number of rotatable bonds is 5. The van der Waals surface area contributed by atoms with E-state index in [0.29, 0.717) is 40.7 Å². The molecule has 136 valence electrons. The van der Waals surface area contributed by atoms with Crippen LogP contribution in [-0.4, -0.2) is 19.2 Å². The van der Waals surface area contributed by atoms with Gasteiger partial charge in [0.1, 0.15) is 0 Å². The molecule has 0 bridgehead atoms. The molecule has 0 radical (unpaired) electrons. The normalized spacial score (nSPS) is 12.0. The number of imide groups is 1. The number of nitrogens with one attached hydrogen (secondary N) is 1. The Morgan fingerprint density at radius 2 is 1.96 bits per heavy atom. The minimum atomic E-state index is -0.564. The number of amides is 3. The molecule has 1 N–H and O–H groups in total. The quantitative estimate of drug-likeness (QED) is 0.788. The van der Waals surface area contributed by atoms with Crippen LogP contribution in [-0.2, 0) is 17.6 Å². The van der Waals surface area contributed by atoms with E-state index in [4.69, 9.17) is 21.1 Å². The standard InChI is InChI=1S/C19H19ClN2O4/c1-3-12-5-7-15(20)14(4-2)18(12)21-19(24)22(10-23)13-6-8-16-17(9-13)26-11-25-16/h5-10H,3-4,11H2,1-2H3,(H,21,24). The summed E-state index contributed by atoms with van der Waals surface area (Å²) in [5.41, 5.74) is 2.84. The maximum absolute atomic E-state index is 12.8. The molecule has 2 aromatic carbocycles. The number of halogens is 1. The van der Waals surface area contributed by atoms with Gasteiger partial charge in [0.2, 0.25) is 13.2 Å². The highest BCUT2D eigenvalue weighted by atomic mass is 35.5. The number of nitrogens with zero attached hydrogens (tertiary/aromatic N) is 1. The van der Waals surface area contributed by atoms with E-state index in [1.165, 1.54) is 0 Å². The molecular formula is C19H19ClN2O4. The van der Waals surface area contributed by atoms with Crippen LogP contribution in [0.2, 0.25) is 5.02 Å². The molecule has 0 saturated carbocycles. The zero-order chi connectivity index (χ0) is 18.7. The van der Waals surface area contributed by atoms with E-state index in [0.717, 1.165) is 22.4 Å². The Labute approximate surface area is 156 Å². The largest absolute Gasteiger partial charge is 0.454 e. The van der Waals surface area contributed by atoms with Crippen LogP contribution in [0.3, 0.4) is 0 Å². The van der Waals surface area contributed by atoms with Gasteiger partial charge < -0.3 is 14.8 Å². The Bertz CT molecular complexity index is 854. The molecule has 26 heavy (non-hydrogen) atoms. The second kappa shape index (κ2) is 7.66. The summed E-state index contributed by atoms with van der Waals surface area (Å²) in [7, 11) is 0. The minimum Gasteiger partial charge on any atom is -0.454 e. The number of hydrogen-bond donors (Lipinski definition) is 1. The molecule has 0 aromatic heterocycles. The number of urea groups is 1. The Morgan fingerprint density at radius 3 is 2.65 bits per heavy atom. The van der Waals surface area contributed by atoms with Crippen LogP contribution in [0, 0.1) is 0 Å². The molecule has 0 saturated heterocycles. The summed E-state index contributed by atoms with van der Waals surface area (Å²) < 4.78 is 10.6. The first-order chi connectivity index (χ1) is 12.6. The Kier molecular flexibility index (Phi) is 5.32. The number of ether oxygens (including phenoxy) is 2. The van der Waals surface area contributed by atoms with Crippen molar-refractivity contribution in [2.24, 2.45) is 0 Å². The maximum atomic E-state index is 12.8. The summed E-state index contributed by atoms with van der Waals surface area (Å²) in [5, 5.41) is 3.42. The molecule has 0 spiro atoms. The van der Waals surface area contributed by atoms with Crippen molar-refractivity contribution in [1.29, 1.82) is 0 Å². The Morgan fingerprint density at radius 1 is 1.19 bits per heavy atom. The van der Waals surface area contributed by atoms with Crippen LogP contribution < -0.4 is 19.7 Å². The summed E-state index contributed by atoms with van der Waals surface area (Å²) in [6.45, 7) is 4.08. The molecule has 7 heteroatoms. The van der Waals surface area contributed by atoms with Gasteiger partial charge >= 0.3 is 6.03 Å². The van der Waals surface area contributed by atoms with Crippen LogP contribution >= 0.6 is 11.6 Å². The van der Waals surface area contributed by atoms with Crippen LogP contribution in [0.25, 0.3) is 0 Å². The minimum absolute atomic E-state index is 0.119. The summed E-state index contributed by atoms with van der Waals surface area (Å²) >= 11 is 6.27. The summed E-state index contributed by atoms with van der Waals surface area (Å²) in [4.78, 5) is 25.3. The van der Waals surface area contributed by atoms with Crippen molar-refractivity contribution in [3.8, 4) is 11.5 Å². The molecule has 3 rings (SSSR count). The van der Waals surface area contributed by atoms with Gasteiger partial charge in [0.15, 0.2) is 11.5 Å². The van der Waals surface area contributed by atoms with E-state index in [1.807, 2.05) is 26.0 Å². The van der Waals surface area contributed by atoms with E-state index in [9.17, 15) is 9.59 Å². The lowest BCUT2D eigenvalue weighted by Gasteiger charge is -2.20. The van der Waals surface area contributed by atoms with E-state index >= 15 is 0 Å². The number of carbonyl (C=O) groups is 2. The molecule has 0 unspecified atom stereocenters. The number of aryl methyl sites for hydroxylation is 1. The first-order valence-electron chi connectivity index (χ1n) is 8.34. The molecule has 1 heterocycles. The van der Waals surface area contributed by atoms with Crippen LogP contribution in [0.4, 0.5) is 16.2 Å². The van der Waals surface area contributed by atoms with Gasteiger partial charge in [-0.3, -0.25) is 4.79 Å². The molecule has 6 nitrogen and oxygen atoms in total. The molecule has 1 aliphatic rings. The van der Waals surface area contributed by atoms with Crippen molar-refractivity contribution >= 4 is 35.4 Å². The molecule has 0 atom stereocenters. The average molecular weight is 375 g/mol. The zero-order valence-electron chi connectivity index (χ0n) is 14.5. The van der Waals surface area contributed by atoms with E-state index in [-0.39, 0.29) is 6.79 Å². The second-order valence-corrected chi connectivity index (χ2v) is 6.12. The van der Waals surface area contributed by atoms with Crippen molar-refractivity contribution in [2.45, 2.75) is 26.7 Å². The first-order valence-corrected chi connectivity index (χ1v) is 8.72. The average Bonchev–Trinajstić information content (AvgIpc) is 3.10. The lowest BCUT2D eigenvalue weighted by atomic mass is 10.0. The van der Waals surface area contributed by atoms with E-state index < -0.39 is 6.03 Å². The van der Waals surface area contributed by atoms with Crippen LogP contribution in [0.5, 0.6) is 11.5 Å². The number of benzene rings is 2. The third-order valence-electron chi connectivity index (χ3n) is 4.27. The number of hydrogen-bond acceptors (Lipinski definition) is 4. The van der Waals surface area contributed by atoms with Crippen molar-refractivity contribution in [2.75, 3.05) is 17.0 Å². The van der Waals surface area contributed by atoms with Crippen molar-refractivity contribution < 1.29 is 19.1 Å². The molecule has 2 aromatic rings. The third kappa shape index (κ3) is 3.32. The van der Waals surface area contributed by atoms with E-state index in [2.05, 4.69) is 5.32 Å². The molecule has 0 aliphatic carbocycles. The van der Waals surface area contributed by atoms with Crippen molar-refractivity contribution in [3.63, 3.8) is 0 Å². The molecule has 0 fully saturated rings. The van der Waals surface area contributed by atoms with Gasteiger partial charge in [0.25, 0.3) is 0 Å². The zero-order valence-corrected chi connectivity index (χ0v) is 15.3. The second-order valence-electron chi connectivity index (χ2n) is 5.71. The van der Waals surface area contributed by atoms with Crippen molar-refractivity contribution in [1.82, 2.24) is 0 Å². The van der Waals surface area contributed by atoms with E-state index in [1.54, 1.807) is 18.2 Å². The molecular weight excluding hydrogens is 356 g/mol. The lowest BCUT2D eigenvalue weighted by Crippen LogP contribution is -2.34. The highest BCUT2D eigenvalue weighted by Crippen LogP contribution is 2.36. The highest BCUT2D eigenvalue weighted by Gasteiger charge is 2.22. The predicted molar refractivity (Wildman–Crippen MR) is 100 cm³/mol. The third-order valence-corrected chi connectivity index (χ3v) is 4.62. The van der Waals surface area contributed by atoms with Gasteiger partial charge in [0.05, 0.1) is 11.4 Å². The predicted octanol–water partition coefficient (Wildman–Crippen LogP) is 4.39. The van der Waals surface area contributed by atoms with Gasteiger partial charge in [0, 0.05) is 11.1 Å². The van der Waals surface area contributed by atoms with Gasteiger partial charge in [-0.05, 0) is 42.2 Å². The smallest absolute Gasteiger partial charge is 0.332 e. The molecule has 3 amide bonds. The van der Waals surface area contributed by atoms with Crippen LogP contribution in [0.1, 0.15) is 25.0 Å². The number of fused-ring (bicyclic) bond motifs is 1. The lowest BCUT2D eigenvalue weighted by molar-refractivity contribution is -0.106. The Balaban J connectivity index is 1.91. The fraction of sp³-hybridized carbons (Fsp3) is 0.263. The highest BCUT2D eigenvalue weighted by molar-refractivity contribution is 6.32. The van der Waals surface area contributed by atoms with Gasteiger partial charge in [-0.25, -0.2) is 9.69 Å². The number of carbonyl (C=O) groups excluding carboxylic acids is 2. The monoisotopic (exact) mass is 374 g/mol. The maximum Gasteiger partial charge on any atom is 0.332 e. The van der Waals surface area contributed by atoms with Gasteiger partial charge in [-0.15, -0.1) is 0 Å². The van der Waals surface area contributed by atoms with Gasteiger partial charge in [-0.1, -0.05) is 31.5 Å². The first kappa shape index (κ1) is 18.1. The summed E-state index contributed by atoms with van der Waals surface area (Å²) in [6.07, 6.45) is 1.85. The van der Waals surface area contributed by atoms with Crippen LogP contribution in [0.15, 0.2) is 30.3 Å². The fourth-order valence-electron chi connectivity index (χ4n) is 2.90. The molecule has 1 aliphatic heterocycles. The number of anilines is 2. The Hall–Kier alpha value is -2.73. The summed E-state index contributed by atoms with van der Waals surface area (Å²) in [5.74, 6) is 1.07. The van der Waals surface area contributed by atoms with Gasteiger partial charge in [-0.2, -0.15) is 0 Å².